The summed E-state index contributed by atoms with van der Waals surface area (Å²) in [5.41, 5.74) is 4.87. The summed E-state index contributed by atoms with van der Waals surface area (Å²) in [5.74, 6) is -0.0263. The minimum Gasteiger partial charge on any atom is -0.423 e. The highest BCUT2D eigenvalue weighted by atomic mass is 16.5. The highest BCUT2D eigenvalue weighted by Crippen LogP contribution is 2.32. The molecule has 0 atom stereocenters. The van der Waals surface area contributed by atoms with E-state index in [9.17, 15) is 9.59 Å². The molecule has 0 unspecified atom stereocenters. The van der Waals surface area contributed by atoms with E-state index in [0.29, 0.717) is 5.75 Å². The molecule has 0 aliphatic carbocycles. The molecule has 2 aromatic rings. The van der Waals surface area contributed by atoms with Gasteiger partial charge in [-0.25, -0.2) is 4.79 Å². The van der Waals surface area contributed by atoms with Crippen molar-refractivity contribution in [1.82, 2.24) is 0 Å². The van der Waals surface area contributed by atoms with Crippen LogP contribution >= 0.6 is 0 Å². The predicted octanol–water partition coefficient (Wildman–Crippen LogP) is 2.98. The lowest BCUT2D eigenvalue weighted by atomic mass is 10.1. The summed E-state index contributed by atoms with van der Waals surface area (Å²) in [6.45, 7) is 6.16. The van der Waals surface area contributed by atoms with Gasteiger partial charge < -0.3 is 15.0 Å². The molecular formula is C19H20N2O3. The normalized spacial score (nSPS) is 13.3. The zero-order valence-corrected chi connectivity index (χ0v) is 14.1. The van der Waals surface area contributed by atoms with Crippen LogP contribution in [0.25, 0.3) is 0 Å². The van der Waals surface area contributed by atoms with Crippen molar-refractivity contribution < 1.29 is 14.3 Å². The van der Waals surface area contributed by atoms with Gasteiger partial charge in [-0.15, -0.1) is 0 Å². The van der Waals surface area contributed by atoms with E-state index in [1.165, 1.54) is 5.56 Å². The number of ether oxygens (including phenoxy) is 1. The number of carbonyl (C=O) groups excluding carboxylic acids is 2. The van der Waals surface area contributed by atoms with E-state index < -0.39 is 0 Å². The maximum atomic E-state index is 12.4. The van der Waals surface area contributed by atoms with E-state index in [2.05, 4.69) is 5.32 Å². The number of esters is 1. The molecule has 0 aromatic heterocycles. The number of aryl methyl sites for hydroxylation is 3. The molecule has 0 radical (unpaired) electrons. The lowest BCUT2D eigenvalue weighted by molar-refractivity contribution is -0.133. The molecular weight excluding hydrogens is 304 g/mol. The van der Waals surface area contributed by atoms with E-state index >= 15 is 0 Å². The van der Waals surface area contributed by atoms with E-state index in [1.807, 2.05) is 51.1 Å². The third-order valence-corrected chi connectivity index (χ3v) is 4.12. The van der Waals surface area contributed by atoms with Crippen LogP contribution in [-0.2, 0) is 9.59 Å². The average molecular weight is 324 g/mol. The first-order chi connectivity index (χ1) is 11.4. The number of nitrogens with one attached hydrogen (secondary N) is 1. The number of nitrogens with zero attached hydrogens (tertiary/aromatic N) is 1. The molecule has 0 saturated carbocycles. The van der Waals surface area contributed by atoms with E-state index in [1.54, 1.807) is 11.0 Å². The second-order valence-corrected chi connectivity index (χ2v) is 6.15. The minimum atomic E-state index is -0.356. The summed E-state index contributed by atoms with van der Waals surface area (Å²) in [5, 5.41) is 2.88. The number of hydrogen-bond donors (Lipinski definition) is 1. The largest absolute Gasteiger partial charge is 0.423 e. The van der Waals surface area contributed by atoms with Crippen LogP contribution in [0, 0.1) is 20.8 Å². The third-order valence-electron chi connectivity index (χ3n) is 4.12. The fourth-order valence-corrected chi connectivity index (χ4v) is 2.69. The molecule has 0 spiro atoms. The van der Waals surface area contributed by atoms with Crippen molar-refractivity contribution in [2.75, 3.05) is 23.3 Å². The number of hydrogen-bond acceptors (Lipinski definition) is 4. The van der Waals surface area contributed by atoms with Crippen molar-refractivity contribution in [1.29, 1.82) is 0 Å². The highest BCUT2D eigenvalue weighted by Gasteiger charge is 2.25. The van der Waals surface area contributed by atoms with Gasteiger partial charge in [0.2, 0.25) is 5.91 Å². The molecule has 5 nitrogen and oxygen atoms in total. The van der Waals surface area contributed by atoms with Gasteiger partial charge in [0.1, 0.15) is 6.54 Å². The third kappa shape index (κ3) is 3.40. The smallest absolute Gasteiger partial charge is 0.331 e. The van der Waals surface area contributed by atoms with Crippen LogP contribution in [0.4, 0.5) is 11.4 Å². The van der Waals surface area contributed by atoms with Crippen LogP contribution in [0.3, 0.4) is 0 Å². The molecule has 3 rings (SSSR count). The number of rotatable bonds is 3. The first-order valence-electron chi connectivity index (χ1n) is 7.86. The quantitative estimate of drug-likeness (QED) is 0.696. The van der Waals surface area contributed by atoms with Gasteiger partial charge in [0.05, 0.1) is 12.2 Å². The molecule has 1 amide bonds. The van der Waals surface area contributed by atoms with E-state index in [-0.39, 0.29) is 25.0 Å². The van der Waals surface area contributed by atoms with E-state index in [0.717, 1.165) is 22.5 Å². The van der Waals surface area contributed by atoms with Crippen molar-refractivity contribution in [3.63, 3.8) is 0 Å². The van der Waals surface area contributed by atoms with Crippen molar-refractivity contribution in [3.05, 3.63) is 53.1 Å². The van der Waals surface area contributed by atoms with Crippen LogP contribution in [-0.4, -0.2) is 25.0 Å². The Bertz CT molecular complexity index is 814. The fourth-order valence-electron chi connectivity index (χ4n) is 2.69. The minimum absolute atomic E-state index is 0.0663. The Kier molecular flexibility index (Phi) is 4.25. The molecule has 124 valence electrons. The first-order valence-corrected chi connectivity index (χ1v) is 7.86. The molecule has 0 bridgehead atoms. The summed E-state index contributed by atoms with van der Waals surface area (Å²) in [6, 6.07) is 11.4. The summed E-state index contributed by atoms with van der Waals surface area (Å²) in [7, 11) is 0. The summed E-state index contributed by atoms with van der Waals surface area (Å²) in [6.07, 6.45) is 0. The lowest BCUT2D eigenvalue weighted by Crippen LogP contribution is -2.41. The Morgan fingerprint density at radius 3 is 2.67 bits per heavy atom. The van der Waals surface area contributed by atoms with Gasteiger partial charge in [0, 0.05) is 5.69 Å². The topological polar surface area (TPSA) is 58.6 Å². The number of fused-ring (bicyclic) bond motifs is 1. The first kappa shape index (κ1) is 16.1. The Balaban J connectivity index is 1.76. The summed E-state index contributed by atoms with van der Waals surface area (Å²) >= 11 is 0. The number of amides is 1. The Hall–Kier alpha value is -2.82. The molecule has 0 saturated heterocycles. The molecule has 5 heteroatoms. The molecule has 1 N–H and O–H groups in total. The fraction of sp³-hybridized carbons (Fsp3) is 0.263. The second-order valence-electron chi connectivity index (χ2n) is 6.15. The SMILES string of the molecule is Cc1ccc2c(c1)N(CC(=O)Nc1ccc(C)c(C)c1)CC(=O)O2. The summed E-state index contributed by atoms with van der Waals surface area (Å²) in [4.78, 5) is 25.9. The van der Waals surface area contributed by atoms with Gasteiger partial charge in [-0.2, -0.15) is 0 Å². The zero-order valence-electron chi connectivity index (χ0n) is 14.1. The van der Waals surface area contributed by atoms with Crippen LogP contribution in [0.1, 0.15) is 16.7 Å². The number of benzene rings is 2. The molecule has 24 heavy (non-hydrogen) atoms. The van der Waals surface area contributed by atoms with Crippen LogP contribution in [0.2, 0.25) is 0 Å². The van der Waals surface area contributed by atoms with E-state index in [4.69, 9.17) is 4.74 Å². The summed E-state index contributed by atoms with van der Waals surface area (Å²) < 4.78 is 5.23. The second kappa shape index (κ2) is 6.35. The van der Waals surface area contributed by atoms with Gasteiger partial charge >= 0.3 is 5.97 Å². The van der Waals surface area contributed by atoms with Crippen molar-refractivity contribution >= 4 is 23.3 Å². The van der Waals surface area contributed by atoms with Gasteiger partial charge in [-0.05, 0) is 61.7 Å². The van der Waals surface area contributed by atoms with Crippen molar-refractivity contribution in [3.8, 4) is 5.75 Å². The number of carbonyl (C=O) groups is 2. The highest BCUT2D eigenvalue weighted by molar-refractivity contribution is 5.96. The maximum absolute atomic E-state index is 12.4. The number of anilines is 2. The molecule has 1 heterocycles. The van der Waals surface area contributed by atoms with Gasteiger partial charge in [0.15, 0.2) is 5.75 Å². The zero-order chi connectivity index (χ0) is 17.3. The standard InChI is InChI=1S/C19H20N2O3/c1-12-4-7-17-16(8-12)21(11-19(23)24-17)10-18(22)20-15-6-5-13(2)14(3)9-15/h4-9H,10-11H2,1-3H3,(H,20,22). The Morgan fingerprint density at radius 2 is 1.92 bits per heavy atom. The predicted molar refractivity (Wildman–Crippen MR) is 93.6 cm³/mol. The molecule has 1 aliphatic rings. The molecule has 1 aliphatic heterocycles. The maximum Gasteiger partial charge on any atom is 0.331 e. The molecule has 2 aromatic carbocycles. The van der Waals surface area contributed by atoms with Gasteiger partial charge in [0.25, 0.3) is 0 Å². The average Bonchev–Trinajstić information content (AvgIpc) is 2.51. The Labute approximate surface area is 141 Å². The van der Waals surface area contributed by atoms with Crippen LogP contribution < -0.4 is 15.0 Å². The molecule has 0 fully saturated rings. The van der Waals surface area contributed by atoms with Gasteiger partial charge in [-0.1, -0.05) is 12.1 Å². The Morgan fingerprint density at radius 1 is 1.12 bits per heavy atom. The monoisotopic (exact) mass is 324 g/mol. The van der Waals surface area contributed by atoms with Crippen LogP contribution in [0.15, 0.2) is 36.4 Å². The lowest BCUT2D eigenvalue weighted by Gasteiger charge is -2.29. The van der Waals surface area contributed by atoms with Crippen LogP contribution in [0.5, 0.6) is 5.75 Å². The van der Waals surface area contributed by atoms with Gasteiger partial charge in [-0.3, -0.25) is 4.79 Å². The van der Waals surface area contributed by atoms with Crippen molar-refractivity contribution in [2.24, 2.45) is 0 Å². The van der Waals surface area contributed by atoms with Crippen molar-refractivity contribution in [2.45, 2.75) is 20.8 Å².